The molecule has 22 heavy (non-hydrogen) atoms. The molecule has 124 valence electrons. The van der Waals surface area contributed by atoms with Crippen LogP contribution in [0.1, 0.15) is 73.1 Å². The molecule has 1 aliphatic rings. The molecule has 1 unspecified atom stereocenters. The molecule has 2 heteroatoms. The van der Waals surface area contributed by atoms with Crippen molar-refractivity contribution in [2.24, 2.45) is 11.3 Å². The molecule has 2 nitrogen and oxygen atoms in total. The number of carboxylic acids is 1. The predicted octanol–water partition coefficient (Wildman–Crippen LogP) is 5.91. The van der Waals surface area contributed by atoms with Gasteiger partial charge in [0.05, 0.1) is 0 Å². The Kier molecular flexibility index (Phi) is 7.12. The van der Waals surface area contributed by atoms with Gasteiger partial charge in [0.25, 0.3) is 0 Å². The van der Waals surface area contributed by atoms with Crippen molar-refractivity contribution in [3.63, 3.8) is 0 Å². The summed E-state index contributed by atoms with van der Waals surface area (Å²) < 4.78 is 0. The molecule has 0 aliphatic heterocycles. The van der Waals surface area contributed by atoms with Gasteiger partial charge in [0.15, 0.2) is 0 Å². The van der Waals surface area contributed by atoms with Crippen LogP contribution in [0.15, 0.2) is 34.9 Å². The molecular formula is C20H32O2. The number of hydrogen-bond donors (Lipinski definition) is 1. The van der Waals surface area contributed by atoms with Gasteiger partial charge in [0.1, 0.15) is 0 Å². The molecule has 0 fully saturated rings. The minimum absolute atomic E-state index is 0.374. The van der Waals surface area contributed by atoms with E-state index < -0.39 is 5.97 Å². The topological polar surface area (TPSA) is 37.3 Å². The molecule has 0 saturated carbocycles. The van der Waals surface area contributed by atoms with Gasteiger partial charge in [-0.05, 0) is 69.3 Å². The highest BCUT2D eigenvalue weighted by atomic mass is 16.4. The monoisotopic (exact) mass is 304 g/mol. The Morgan fingerprint density at radius 3 is 2.68 bits per heavy atom. The largest absolute Gasteiger partial charge is 0.478 e. The van der Waals surface area contributed by atoms with Crippen LogP contribution in [0.3, 0.4) is 0 Å². The lowest BCUT2D eigenvalue weighted by molar-refractivity contribution is -0.131. The summed E-state index contributed by atoms with van der Waals surface area (Å²) in [6.45, 7) is 11.2. The molecule has 0 aromatic rings. The van der Waals surface area contributed by atoms with Crippen molar-refractivity contribution >= 4 is 5.97 Å². The Labute approximate surface area is 136 Å². The molecule has 1 atom stereocenters. The van der Waals surface area contributed by atoms with Crippen LogP contribution in [0.4, 0.5) is 0 Å². The highest BCUT2D eigenvalue weighted by Crippen LogP contribution is 2.42. The minimum atomic E-state index is -0.878. The van der Waals surface area contributed by atoms with Crippen LogP contribution < -0.4 is 0 Å². The standard InChI is InChI=1S/C20H32O2/c1-15(8-6-9-16(2)14-19(21)22)11-12-18-17(3)10-7-13-20(18,4)5/h6,9,14-15H,7-8,10-13H2,1-5H3,(H,21,22)/b9-6+,16-14+. The molecule has 0 aromatic carbocycles. The summed E-state index contributed by atoms with van der Waals surface area (Å²) >= 11 is 0. The normalized spacial score (nSPS) is 20.5. The van der Waals surface area contributed by atoms with Crippen LogP contribution in [0.5, 0.6) is 0 Å². The summed E-state index contributed by atoms with van der Waals surface area (Å²) in [6, 6.07) is 0. The van der Waals surface area contributed by atoms with Crippen LogP contribution >= 0.6 is 0 Å². The van der Waals surface area contributed by atoms with E-state index in [1.54, 1.807) is 11.1 Å². The van der Waals surface area contributed by atoms with Crippen LogP contribution in [0.2, 0.25) is 0 Å². The summed E-state index contributed by atoms with van der Waals surface area (Å²) in [5.74, 6) is -0.246. The Balaban J connectivity index is 2.48. The Bertz CT molecular complexity index is 478. The second-order valence-corrected chi connectivity index (χ2v) is 7.50. The molecule has 0 bridgehead atoms. The fourth-order valence-corrected chi connectivity index (χ4v) is 3.46. The van der Waals surface area contributed by atoms with Crippen LogP contribution in [-0.4, -0.2) is 11.1 Å². The lowest BCUT2D eigenvalue weighted by Gasteiger charge is -2.35. The molecular weight excluding hydrogens is 272 g/mol. The van der Waals surface area contributed by atoms with E-state index >= 15 is 0 Å². The maximum Gasteiger partial charge on any atom is 0.328 e. The maximum absolute atomic E-state index is 10.6. The van der Waals surface area contributed by atoms with Crippen molar-refractivity contribution in [1.82, 2.24) is 0 Å². The predicted molar refractivity (Wildman–Crippen MR) is 93.9 cm³/mol. The van der Waals surface area contributed by atoms with E-state index in [1.165, 1.54) is 38.2 Å². The average Bonchev–Trinajstić information content (AvgIpc) is 2.36. The smallest absolute Gasteiger partial charge is 0.328 e. The van der Waals surface area contributed by atoms with Gasteiger partial charge in [-0.15, -0.1) is 0 Å². The van der Waals surface area contributed by atoms with Gasteiger partial charge >= 0.3 is 5.97 Å². The summed E-state index contributed by atoms with van der Waals surface area (Å²) in [4.78, 5) is 10.6. The number of hydrogen-bond acceptors (Lipinski definition) is 1. The van der Waals surface area contributed by atoms with E-state index in [0.29, 0.717) is 11.3 Å². The van der Waals surface area contributed by atoms with E-state index in [-0.39, 0.29) is 0 Å². The van der Waals surface area contributed by atoms with Crippen molar-refractivity contribution in [1.29, 1.82) is 0 Å². The third-order valence-corrected chi connectivity index (χ3v) is 4.84. The van der Waals surface area contributed by atoms with Crippen LogP contribution in [0.25, 0.3) is 0 Å². The summed E-state index contributed by atoms with van der Waals surface area (Å²) in [5, 5.41) is 8.68. The third-order valence-electron chi connectivity index (χ3n) is 4.84. The number of aliphatic carboxylic acids is 1. The number of rotatable bonds is 7. The fourth-order valence-electron chi connectivity index (χ4n) is 3.46. The summed E-state index contributed by atoms with van der Waals surface area (Å²) in [6.07, 6.45) is 12.6. The van der Waals surface area contributed by atoms with Gasteiger partial charge < -0.3 is 5.11 Å². The van der Waals surface area contributed by atoms with E-state index in [2.05, 4.69) is 33.8 Å². The molecule has 1 aliphatic carbocycles. The van der Waals surface area contributed by atoms with Crippen molar-refractivity contribution in [2.75, 3.05) is 0 Å². The first-order valence-electron chi connectivity index (χ1n) is 8.49. The van der Waals surface area contributed by atoms with Crippen molar-refractivity contribution < 1.29 is 9.90 Å². The van der Waals surface area contributed by atoms with E-state index in [9.17, 15) is 4.79 Å². The van der Waals surface area contributed by atoms with Gasteiger partial charge in [0.2, 0.25) is 0 Å². The second-order valence-electron chi connectivity index (χ2n) is 7.50. The molecule has 0 radical (unpaired) electrons. The van der Waals surface area contributed by atoms with E-state index in [1.807, 2.05) is 13.0 Å². The quantitative estimate of drug-likeness (QED) is 0.361. The molecule has 0 amide bonds. The third kappa shape index (κ3) is 6.21. The van der Waals surface area contributed by atoms with Crippen molar-refractivity contribution in [3.05, 3.63) is 34.9 Å². The lowest BCUT2D eigenvalue weighted by Crippen LogP contribution is -2.20. The maximum atomic E-state index is 10.6. The summed E-state index contributed by atoms with van der Waals surface area (Å²) in [5.41, 5.74) is 4.46. The van der Waals surface area contributed by atoms with Crippen molar-refractivity contribution in [3.8, 4) is 0 Å². The molecule has 0 heterocycles. The highest BCUT2D eigenvalue weighted by molar-refractivity contribution is 5.81. The van der Waals surface area contributed by atoms with Gasteiger partial charge in [-0.3, -0.25) is 0 Å². The number of carboxylic acid groups (broad SMARTS) is 1. The van der Waals surface area contributed by atoms with Gasteiger partial charge in [-0.25, -0.2) is 4.79 Å². The highest BCUT2D eigenvalue weighted by Gasteiger charge is 2.27. The molecule has 0 saturated heterocycles. The van der Waals surface area contributed by atoms with Crippen LogP contribution in [0, 0.1) is 11.3 Å². The first-order chi connectivity index (χ1) is 10.2. The minimum Gasteiger partial charge on any atom is -0.478 e. The van der Waals surface area contributed by atoms with Gasteiger partial charge in [-0.1, -0.05) is 44.1 Å². The van der Waals surface area contributed by atoms with Gasteiger partial charge in [-0.2, -0.15) is 0 Å². The number of allylic oxidation sites excluding steroid dienone is 5. The van der Waals surface area contributed by atoms with Gasteiger partial charge in [0, 0.05) is 6.08 Å². The molecule has 0 spiro atoms. The number of carbonyl (C=O) groups is 1. The molecule has 1 rings (SSSR count). The zero-order valence-corrected chi connectivity index (χ0v) is 14.9. The second kappa shape index (κ2) is 8.36. The Hall–Kier alpha value is -1.31. The Morgan fingerprint density at radius 1 is 1.41 bits per heavy atom. The summed E-state index contributed by atoms with van der Waals surface area (Å²) in [7, 11) is 0. The molecule has 1 N–H and O–H groups in total. The first kappa shape index (κ1) is 18.7. The van der Waals surface area contributed by atoms with E-state index in [4.69, 9.17) is 5.11 Å². The molecule has 0 aromatic heterocycles. The van der Waals surface area contributed by atoms with Crippen molar-refractivity contribution in [2.45, 2.75) is 73.1 Å². The van der Waals surface area contributed by atoms with Crippen LogP contribution in [-0.2, 0) is 4.79 Å². The Morgan fingerprint density at radius 2 is 2.09 bits per heavy atom. The van der Waals surface area contributed by atoms with E-state index in [0.717, 1.165) is 12.0 Å². The lowest BCUT2D eigenvalue weighted by atomic mass is 9.70. The first-order valence-corrected chi connectivity index (χ1v) is 8.49. The SMILES string of the molecule is CC1=C(CCC(C)C/C=C/C(C)=C/C(=O)O)C(C)(C)CCC1. The zero-order chi connectivity index (χ0) is 16.8. The fraction of sp³-hybridized carbons (Fsp3) is 0.650. The zero-order valence-electron chi connectivity index (χ0n) is 14.9. The average molecular weight is 304 g/mol.